The zero-order chi connectivity index (χ0) is 38.0. The lowest BCUT2D eigenvalue weighted by Crippen LogP contribution is -2.18. The topological polar surface area (TPSA) is 71.1 Å². The Hall–Kier alpha value is -4.58. The van der Waals surface area contributed by atoms with Gasteiger partial charge in [-0.3, -0.25) is 9.59 Å². The number of carbonyl (C=O) groups excluding carboxylic acids is 2. The number of carbonyl (C=O) groups is 2. The minimum absolute atomic E-state index is 0.0870. The highest BCUT2D eigenvalue weighted by Gasteiger charge is 2.41. The van der Waals surface area contributed by atoms with E-state index >= 15 is 0 Å². The number of hydrogen-bond acceptors (Lipinski definition) is 6. The summed E-state index contributed by atoms with van der Waals surface area (Å²) in [5.41, 5.74) is 7.21. The zero-order valence-electron chi connectivity index (χ0n) is 32.9. The molecule has 4 aromatic rings. The van der Waals surface area contributed by atoms with E-state index in [0.29, 0.717) is 30.5 Å². The molecule has 274 valence electrons. The molecule has 6 nitrogen and oxygen atoms in total. The highest BCUT2D eigenvalue weighted by Crippen LogP contribution is 2.49. The molecule has 2 aliphatic rings. The third-order valence-electron chi connectivity index (χ3n) is 10.1. The van der Waals surface area contributed by atoms with Gasteiger partial charge in [0.15, 0.2) is 0 Å². The van der Waals surface area contributed by atoms with Crippen molar-refractivity contribution in [3.63, 3.8) is 0 Å². The van der Waals surface area contributed by atoms with Gasteiger partial charge in [0, 0.05) is 22.3 Å². The van der Waals surface area contributed by atoms with E-state index in [1.807, 2.05) is 54.6 Å². The number of benzene rings is 4. The van der Waals surface area contributed by atoms with Crippen molar-refractivity contribution in [3.8, 4) is 23.0 Å². The van der Waals surface area contributed by atoms with Crippen molar-refractivity contribution < 1.29 is 28.5 Å². The van der Waals surface area contributed by atoms with E-state index in [0.717, 1.165) is 44.7 Å². The van der Waals surface area contributed by atoms with Crippen LogP contribution in [-0.4, -0.2) is 25.2 Å². The highest BCUT2D eigenvalue weighted by molar-refractivity contribution is 5.91. The maximum atomic E-state index is 13.6. The molecule has 6 rings (SSSR count). The van der Waals surface area contributed by atoms with Crippen LogP contribution in [0.15, 0.2) is 72.8 Å². The molecule has 4 aromatic carbocycles. The number of ether oxygens (including phenoxy) is 4. The van der Waals surface area contributed by atoms with Gasteiger partial charge in [0.25, 0.3) is 0 Å². The molecular formula is C46H54O6. The maximum absolute atomic E-state index is 13.6. The number of para-hydroxylation sites is 1. The second-order valence-corrected chi connectivity index (χ2v) is 18.4. The van der Waals surface area contributed by atoms with Crippen molar-refractivity contribution in [2.24, 2.45) is 0 Å². The number of rotatable bonds is 7. The predicted octanol–water partition coefficient (Wildman–Crippen LogP) is 10.4. The number of fused-ring (bicyclic) bond motifs is 2. The van der Waals surface area contributed by atoms with Gasteiger partial charge in [-0.05, 0) is 62.1 Å². The van der Waals surface area contributed by atoms with Crippen molar-refractivity contribution in [1.82, 2.24) is 0 Å². The molecule has 0 aliphatic carbocycles. The lowest BCUT2D eigenvalue weighted by Gasteiger charge is -2.27. The summed E-state index contributed by atoms with van der Waals surface area (Å²) in [7, 11) is 0. The van der Waals surface area contributed by atoms with E-state index in [9.17, 15) is 9.59 Å². The first-order valence-corrected chi connectivity index (χ1v) is 18.4. The van der Waals surface area contributed by atoms with Crippen LogP contribution < -0.4 is 18.9 Å². The fraction of sp³-hybridized carbons (Fsp3) is 0.435. The van der Waals surface area contributed by atoms with Gasteiger partial charge in [-0.2, -0.15) is 0 Å². The number of esters is 2. The van der Waals surface area contributed by atoms with Gasteiger partial charge in [-0.15, -0.1) is 0 Å². The Balaban J connectivity index is 1.17. The Labute approximate surface area is 309 Å². The summed E-state index contributed by atoms with van der Waals surface area (Å²) in [4.78, 5) is 26.6. The summed E-state index contributed by atoms with van der Waals surface area (Å²) in [5, 5.41) is 0. The van der Waals surface area contributed by atoms with Crippen LogP contribution in [0.2, 0.25) is 0 Å². The Kier molecular flexibility index (Phi) is 9.39. The quantitative estimate of drug-likeness (QED) is 0.108. The molecule has 0 amide bonds. The highest BCUT2D eigenvalue weighted by atomic mass is 16.5. The third-order valence-corrected chi connectivity index (χ3v) is 10.1. The van der Waals surface area contributed by atoms with Crippen LogP contribution in [0.1, 0.15) is 139 Å². The molecule has 52 heavy (non-hydrogen) atoms. The van der Waals surface area contributed by atoms with Crippen LogP contribution in [0.5, 0.6) is 23.0 Å². The molecule has 0 fully saturated rings. The monoisotopic (exact) mass is 702 g/mol. The van der Waals surface area contributed by atoms with Crippen molar-refractivity contribution in [1.29, 1.82) is 0 Å². The van der Waals surface area contributed by atoms with Crippen molar-refractivity contribution in [2.75, 3.05) is 13.2 Å². The Morgan fingerprint density at radius 2 is 1.06 bits per heavy atom. The molecule has 2 aliphatic heterocycles. The lowest BCUT2D eigenvalue weighted by molar-refractivity contribution is -0.134. The van der Waals surface area contributed by atoms with E-state index in [-0.39, 0.29) is 33.6 Å². The van der Waals surface area contributed by atoms with Gasteiger partial charge in [0.1, 0.15) is 48.0 Å². The molecule has 0 saturated heterocycles. The average Bonchev–Trinajstić information content (AvgIpc) is 3.56. The first-order valence-electron chi connectivity index (χ1n) is 18.4. The fourth-order valence-electron chi connectivity index (χ4n) is 7.17. The smallest absolute Gasteiger partial charge is 0.323 e. The van der Waals surface area contributed by atoms with E-state index < -0.39 is 11.8 Å². The average molecular weight is 703 g/mol. The summed E-state index contributed by atoms with van der Waals surface area (Å²) in [6.45, 7) is 26.6. The molecule has 0 aromatic heterocycles. The summed E-state index contributed by atoms with van der Waals surface area (Å²) in [6, 6.07) is 24.1. The van der Waals surface area contributed by atoms with Gasteiger partial charge in [-0.25, -0.2) is 0 Å². The Morgan fingerprint density at radius 3 is 1.63 bits per heavy atom. The molecule has 2 atom stereocenters. The molecule has 0 N–H and O–H groups in total. The van der Waals surface area contributed by atoms with Crippen molar-refractivity contribution >= 4 is 11.9 Å². The molecule has 6 heteroatoms. The minimum atomic E-state index is -0.514. The zero-order valence-corrected chi connectivity index (χ0v) is 32.9. The van der Waals surface area contributed by atoms with Crippen molar-refractivity contribution in [3.05, 3.63) is 117 Å². The predicted molar refractivity (Wildman–Crippen MR) is 207 cm³/mol. The van der Waals surface area contributed by atoms with Gasteiger partial charge >= 0.3 is 11.9 Å². The second-order valence-electron chi connectivity index (χ2n) is 18.4. The standard InChI is InChI=1S/C46H54O6/c1-43(2,3)29-25-32-38(42(48)52-40(32)35(26-29)46(10,11)12)28-18-21-36(34(24-28)45(7,8)9)50-23-22-49-30-19-16-27(17-20-30)37-31-14-13-15-33(44(4,5)6)39(31)51-41(37)47/h13-21,24-26,37-38H,22-23H2,1-12H3. The molecule has 0 spiro atoms. The first-order chi connectivity index (χ1) is 24.1. The third kappa shape index (κ3) is 7.22. The molecule has 2 heterocycles. The van der Waals surface area contributed by atoms with Crippen LogP contribution in [0.4, 0.5) is 0 Å². The van der Waals surface area contributed by atoms with Gasteiger partial charge in [0.05, 0.1) is 0 Å². The molecular weight excluding hydrogens is 648 g/mol. The summed E-state index contributed by atoms with van der Waals surface area (Å²) >= 11 is 0. The van der Waals surface area contributed by atoms with E-state index in [1.54, 1.807) is 0 Å². The molecule has 0 radical (unpaired) electrons. The fourth-order valence-corrected chi connectivity index (χ4v) is 7.17. The summed E-state index contributed by atoms with van der Waals surface area (Å²) in [6.07, 6.45) is 0. The van der Waals surface area contributed by atoms with E-state index in [1.165, 1.54) is 5.56 Å². The molecule has 2 unspecified atom stereocenters. The van der Waals surface area contributed by atoms with Crippen molar-refractivity contribution in [2.45, 2.75) is 117 Å². The minimum Gasteiger partial charge on any atom is -0.490 e. The van der Waals surface area contributed by atoms with Gasteiger partial charge < -0.3 is 18.9 Å². The van der Waals surface area contributed by atoms with E-state index in [2.05, 4.69) is 101 Å². The van der Waals surface area contributed by atoms with Gasteiger partial charge in [0.2, 0.25) is 0 Å². The van der Waals surface area contributed by atoms with Crippen LogP contribution >= 0.6 is 0 Å². The maximum Gasteiger partial charge on any atom is 0.323 e. The summed E-state index contributed by atoms with van der Waals surface area (Å²) < 4.78 is 24.2. The van der Waals surface area contributed by atoms with E-state index in [4.69, 9.17) is 18.9 Å². The van der Waals surface area contributed by atoms with Crippen LogP contribution in [-0.2, 0) is 31.2 Å². The van der Waals surface area contributed by atoms with Crippen LogP contribution in [0.25, 0.3) is 0 Å². The normalized spacial score (nSPS) is 17.4. The lowest BCUT2D eigenvalue weighted by atomic mass is 9.76. The SMILES string of the molecule is CC(C)(C)c1cc2c(c(C(C)(C)C)c1)OC(=O)C2c1ccc(OCCOc2ccc(C3C(=O)Oc4c3cccc4C(C)(C)C)cc2)c(C(C)(C)C)c1. The number of hydrogen-bond donors (Lipinski definition) is 0. The van der Waals surface area contributed by atoms with Crippen LogP contribution in [0, 0.1) is 0 Å². The second kappa shape index (κ2) is 13.1. The molecule has 0 bridgehead atoms. The summed E-state index contributed by atoms with van der Waals surface area (Å²) in [5.74, 6) is 1.35. The van der Waals surface area contributed by atoms with Gasteiger partial charge in [-0.1, -0.05) is 138 Å². The Bertz CT molecular complexity index is 2010. The van der Waals surface area contributed by atoms with Crippen LogP contribution in [0.3, 0.4) is 0 Å². The Morgan fingerprint density at radius 1 is 0.519 bits per heavy atom. The molecule has 0 saturated carbocycles. The largest absolute Gasteiger partial charge is 0.490 e. The first kappa shape index (κ1) is 37.2.